The van der Waals surface area contributed by atoms with Crippen LogP contribution >= 0.6 is 0 Å². The molecule has 0 aliphatic carbocycles. The molecule has 1 atom stereocenters. The fraction of sp³-hybridized carbons (Fsp3) is 0.308. The average molecular weight is 228 g/mol. The number of hydrogen-bond acceptors (Lipinski definition) is 3. The second-order valence-electron chi connectivity index (χ2n) is 4.52. The van der Waals surface area contributed by atoms with Crippen molar-refractivity contribution in [3.63, 3.8) is 0 Å². The number of hydrogen-bond donors (Lipinski definition) is 2. The van der Waals surface area contributed by atoms with Gasteiger partial charge in [-0.1, -0.05) is 12.1 Å². The van der Waals surface area contributed by atoms with E-state index in [1.807, 2.05) is 17.9 Å². The molecule has 0 amide bonds. The number of benzene rings is 1. The molecule has 1 unspecified atom stereocenters. The van der Waals surface area contributed by atoms with Gasteiger partial charge in [-0.15, -0.1) is 0 Å². The summed E-state index contributed by atoms with van der Waals surface area (Å²) < 4.78 is 1.84. The summed E-state index contributed by atoms with van der Waals surface area (Å²) in [5.41, 5.74) is 4.88. The first-order chi connectivity index (χ1) is 8.24. The van der Waals surface area contributed by atoms with Crippen LogP contribution in [0, 0.1) is 6.92 Å². The molecule has 0 saturated carbocycles. The summed E-state index contributed by atoms with van der Waals surface area (Å²) in [4.78, 5) is 0. The van der Waals surface area contributed by atoms with Crippen LogP contribution in [0.1, 0.15) is 17.2 Å². The summed E-state index contributed by atoms with van der Waals surface area (Å²) >= 11 is 0. The lowest BCUT2D eigenvalue weighted by Crippen LogP contribution is -2.26. The lowest BCUT2D eigenvalue weighted by atomic mass is 10.0. The largest absolute Gasteiger partial charge is 0.381 e. The summed E-state index contributed by atoms with van der Waals surface area (Å²) in [5.74, 6) is 0. The first-order valence-corrected chi connectivity index (χ1v) is 5.82. The van der Waals surface area contributed by atoms with Crippen molar-refractivity contribution in [3.8, 4) is 0 Å². The van der Waals surface area contributed by atoms with E-state index in [-0.39, 0.29) is 6.04 Å². The Bertz CT molecular complexity index is 544. The molecule has 0 radical (unpaired) electrons. The molecule has 3 rings (SSSR count). The Hall–Kier alpha value is -1.97. The average Bonchev–Trinajstić information content (AvgIpc) is 2.76. The number of aryl methyl sites for hydroxylation is 2. The number of para-hydroxylation sites is 1. The fourth-order valence-corrected chi connectivity index (χ4v) is 2.29. The van der Waals surface area contributed by atoms with Crippen LogP contribution in [0.5, 0.6) is 0 Å². The molecule has 1 aliphatic rings. The first-order valence-electron chi connectivity index (χ1n) is 5.82. The maximum absolute atomic E-state index is 4.21. The van der Waals surface area contributed by atoms with E-state index in [1.54, 1.807) is 0 Å². The zero-order valence-electron chi connectivity index (χ0n) is 10.1. The third-order valence-corrected chi connectivity index (χ3v) is 3.21. The van der Waals surface area contributed by atoms with Crippen LogP contribution in [0.4, 0.5) is 11.4 Å². The molecule has 1 aromatic heterocycles. The molecule has 2 heterocycles. The van der Waals surface area contributed by atoms with Crippen LogP contribution in [-0.4, -0.2) is 16.3 Å². The quantitative estimate of drug-likeness (QED) is 0.787. The molecule has 1 aromatic carbocycles. The van der Waals surface area contributed by atoms with Crippen molar-refractivity contribution in [2.24, 2.45) is 7.05 Å². The zero-order valence-corrected chi connectivity index (χ0v) is 10.1. The number of nitrogens with zero attached hydrogens (tertiary/aromatic N) is 2. The molecule has 88 valence electrons. The Morgan fingerprint density at radius 3 is 3.06 bits per heavy atom. The Balaban J connectivity index is 1.90. The Morgan fingerprint density at radius 2 is 2.29 bits per heavy atom. The minimum atomic E-state index is 0.290. The van der Waals surface area contributed by atoms with Crippen LogP contribution in [-0.2, 0) is 7.05 Å². The van der Waals surface area contributed by atoms with E-state index < -0.39 is 0 Å². The van der Waals surface area contributed by atoms with E-state index in [1.165, 1.54) is 22.5 Å². The molecule has 0 saturated heterocycles. The third-order valence-electron chi connectivity index (χ3n) is 3.21. The monoisotopic (exact) mass is 228 g/mol. The van der Waals surface area contributed by atoms with Crippen molar-refractivity contribution in [2.75, 3.05) is 17.2 Å². The number of rotatable bonds is 1. The third kappa shape index (κ3) is 1.75. The molecule has 2 N–H and O–H groups in total. The molecule has 1 aliphatic heterocycles. The second-order valence-corrected chi connectivity index (χ2v) is 4.52. The van der Waals surface area contributed by atoms with Gasteiger partial charge in [-0.3, -0.25) is 4.68 Å². The predicted molar refractivity (Wildman–Crippen MR) is 69.2 cm³/mol. The highest BCUT2D eigenvalue weighted by Crippen LogP contribution is 2.33. The highest BCUT2D eigenvalue weighted by Gasteiger charge is 2.20. The number of aromatic nitrogens is 2. The van der Waals surface area contributed by atoms with Crippen LogP contribution in [0.3, 0.4) is 0 Å². The van der Waals surface area contributed by atoms with Crippen molar-refractivity contribution in [3.05, 3.63) is 41.7 Å². The van der Waals surface area contributed by atoms with Gasteiger partial charge in [0.05, 0.1) is 23.6 Å². The smallest absolute Gasteiger partial charge is 0.0717 e. The number of nitrogens with one attached hydrogen (secondary N) is 2. The molecule has 0 bridgehead atoms. The van der Waals surface area contributed by atoms with Gasteiger partial charge >= 0.3 is 0 Å². The Labute approximate surface area is 101 Å². The molecular weight excluding hydrogens is 212 g/mol. The Morgan fingerprint density at radius 1 is 1.41 bits per heavy atom. The van der Waals surface area contributed by atoms with E-state index in [0.717, 1.165) is 6.54 Å². The van der Waals surface area contributed by atoms with Gasteiger partial charge in [0, 0.05) is 25.4 Å². The van der Waals surface area contributed by atoms with Crippen LogP contribution in [0.2, 0.25) is 0 Å². The van der Waals surface area contributed by atoms with Crippen molar-refractivity contribution in [1.29, 1.82) is 0 Å². The summed E-state index contributed by atoms with van der Waals surface area (Å²) in [6, 6.07) is 6.60. The summed E-state index contributed by atoms with van der Waals surface area (Å²) in [7, 11) is 1.94. The van der Waals surface area contributed by atoms with E-state index in [4.69, 9.17) is 0 Å². The maximum atomic E-state index is 4.21. The highest BCUT2D eigenvalue weighted by atomic mass is 15.2. The van der Waals surface area contributed by atoms with E-state index >= 15 is 0 Å². The Kier molecular flexibility index (Phi) is 2.28. The van der Waals surface area contributed by atoms with Gasteiger partial charge in [-0.25, -0.2) is 0 Å². The standard InChI is InChI=1S/C13H16N4/c1-9-4-3-5-11-13(9)14-7-12(16-11)10-6-15-17(2)8-10/h3-6,8,12,14,16H,7H2,1-2H3. The molecule has 4 heteroatoms. The predicted octanol–water partition coefficient (Wildman–Crippen LogP) is 2.31. The van der Waals surface area contributed by atoms with Crippen molar-refractivity contribution in [2.45, 2.75) is 13.0 Å². The minimum Gasteiger partial charge on any atom is -0.381 e. The van der Waals surface area contributed by atoms with Gasteiger partial charge in [-0.2, -0.15) is 5.10 Å². The van der Waals surface area contributed by atoms with Crippen LogP contribution < -0.4 is 10.6 Å². The number of anilines is 2. The van der Waals surface area contributed by atoms with Gasteiger partial charge in [0.15, 0.2) is 0 Å². The molecule has 4 nitrogen and oxygen atoms in total. The van der Waals surface area contributed by atoms with Gasteiger partial charge < -0.3 is 10.6 Å². The summed E-state index contributed by atoms with van der Waals surface area (Å²) in [6.07, 6.45) is 3.97. The molecular formula is C13H16N4. The van der Waals surface area contributed by atoms with Gasteiger partial charge in [-0.05, 0) is 18.6 Å². The molecule has 2 aromatic rings. The molecule has 17 heavy (non-hydrogen) atoms. The minimum absolute atomic E-state index is 0.290. The van der Waals surface area contributed by atoms with Gasteiger partial charge in [0.25, 0.3) is 0 Å². The SMILES string of the molecule is Cc1cccc2c1NCC(c1cnn(C)c1)N2. The second kappa shape index (κ2) is 3.80. The van der Waals surface area contributed by atoms with E-state index in [0.29, 0.717) is 0 Å². The fourth-order valence-electron chi connectivity index (χ4n) is 2.29. The number of fused-ring (bicyclic) bond motifs is 1. The lowest BCUT2D eigenvalue weighted by molar-refractivity contribution is 0.761. The van der Waals surface area contributed by atoms with Crippen LogP contribution in [0.15, 0.2) is 30.6 Å². The zero-order chi connectivity index (χ0) is 11.8. The van der Waals surface area contributed by atoms with Crippen molar-refractivity contribution >= 4 is 11.4 Å². The van der Waals surface area contributed by atoms with Gasteiger partial charge in [0.2, 0.25) is 0 Å². The van der Waals surface area contributed by atoms with Gasteiger partial charge in [0.1, 0.15) is 0 Å². The highest BCUT2D eigenvalue weighted by molar-refractivity contribution is 5.74. The van der Waals surface area contributed by atoms with Crippen molar-refractivity contribution < 1.29 is 0 Å². The maximum Gasteiger partial charge on any atom is 0.0717 e. The van der Waals surface area contributed by atoms with Crippen LogP contribution in [0.25, 0.3) is 0 Å². The lowest BCUT2D eigenvalue weighted by Gasteiger charge is -2.28. The topological polar surface area (TPSA) is 41.9 Å². The first kappa shape index (κ1) is 10.2. The van der Waals surface area contributed by atoms with Crippen molar-refractivity contribution in [1.82, 2.24) is 9.78 Å². The van der Waals surface area contributed by atoms with E-state index in [2.05, 4.69) is 47.1 Å². The summed E-state index contributed by atoms with van der Waals surface area (Å²) in [6.45, 7) is 3.02. The normalized spacial score (nSPS) is 18.1. The summed E-state index contributed by atoms with van der Waals surface area (Å²) in [5, 5.41) is 11.3. The molecule has 0 fully saturated rings. The molecule has 0 spiro atoms. The van der Waals surface area contributed by atoms with E-state index in [9.17, 15) is 0 Å².